The van der Waals surface area contributed by atoms with Gasteiger partial charge in [0.15, 0.2) is 0 Å². The van der Waals surface area contributed by atoms with Crippen molar-refractivity contribution in [3.05, 3.63) is 24.3 Å². The first-order valence-corrected chi connectivity index (χ1v) is 7.17. The molecule has 0 aliphatic carbocycles. The third kappa shape index (κ3) is 3.92. The molecule has 0 aromatic heterocycles. The lowest BCUT2D eigenvalue weighted by molar-refractivity contribution is 0.168. The van der Waals surface area contributed by atoms with Crippen LogP contribution in [0.5, 0.6) is 0 Å². The van der Waals surface area contributed by atoms with E-state index in [-0.39, 0.29) is 0 Å². The molecule has 0 bridgehead atoms. The molecular weight excluding hydrogens is 256 g/mol. The molecule has 1 aromatic rings. The van der Waals surface area contributed by atoms with Crippen LogP contribution in [-0.4, -0.2) is 34.4 Å². The van der Waals surface area contributed by atoms with E-state index in [9.17, 15) is 13.2 Å². The minimum absolute atomic E-state index is 0.292. The third-order valence-electron chi connectivity index (χ3n) is 2.25. The van der Waals surface area contributed by atoms with Crippen LogP contribution in [0.2, 0.25) is 0 Å². The second-order valence-corrected chi connectivity index (χ2v) is 5.64. The lowest BCUT2D eigenvalue weighted by atomic mass is 10.3. The summed E-state index contributed by atoms with van der Waals surface area (Å²) >= 11 is 0. The largest absolute Gasteiger partial charge is 0.450 e. The molecule has 6 nitrogen and oxygen atoms in total. The summed E-state index contributed by atoms with van der Waals surface area (Å²) < 4.78 is 28.5. The maximum Gasteiger partial charge on any atom is 0.411 e. The molecule has 0 aliphatic heterocycles. The Labute approximate surface area is 107 Å². The Balaban J connectivity index is 2.77. The van der Waals surface area contributed by atoms with E-state index >= 15 is 0 Å². The van der Waals surface area contributed by atoms with Gasteiger partial charge in [0.1, 0.15) is 0 Å². The summed E-state index contributed by atoms with van der Waals surface area (Å²) in [5.41, 5.74) is 1.06. The lowest BCUT2D eigenvalue weighted by Gasteiger charge is -2.16. The van der Waals surface area contributed by atoms with Crippen molar-refractivity contribution in [1.29, 1.82) is 0 Å². The number of sulfonamides is 1. The molecule has 18 heavy (non-hydrogen) atoms. The molecular formula is C11H16N2O4S. The highest BCUT2D eigenvalue weighted by Crippen LogP contribution is 2.18. The summed E-state index contributed by atoms with van der Waals surface area (Å²) in [6.45, 7) is 2.00. The Hall–Kier alpha value is -1.76. The third-order valence-corrected chi connectivity index (χ3v) is 3.46. The van der Waals surface area contributed by atoms with Crippen LogP contribution in [0.15, 0.2) is 24.3 Å². The average molecular weight is 272 g/mol. The van der Waals surface area contributed by atoms with Crippen LogP contribution in [0.3, 0.4) is 0 Å². The standard InChI is InChI=1S/C11H16N2O4S/c1-4-17-11(14)12-9-5-7-10(8-6-9)13(2)18(3,15)16/h5-8H,4H2,1-3H3,(H,12,14). The predicted octanol–water partition coefficient (Wildman–Crippen LogP) is 1.65. The number of nitrogens with one attached hydrogen (secondary N) is 1. The Bertz CT molecular complexity index is 510. The first-order chi connectivity index (χ1) is 8.34. The zero-order chi connectivity index (χ0) is 13.8. The van der Waals surface area contributed by atoms with Crippen LogP contribution < -0.4 is 9.62 Å². The molecule has 1 N–H and O–H groups in total. The second kappa shape index (κ2) is 5.72. The van der Waals surface area contributed by atoms with Crippen molar-refractivity contribution in [3.63, 3.8) is 0 Å². The summed E-state index contributed by atoms with van der Waals surface area (Å²) in [7, 11) is -1.82. The summed E-state index contributed by atoms with van der Waals surface area (Å²) in [6, 6.07) is 6.41. The normalized spacial score (nSPS) is 10.8. The zero-order valence-corrected chi connectivity index (χ0v) is 11.3. The smallest absolute Gasteiger partial charge is 0.411 e. The van der Waals surface area contributed by atoms with E-state index in [0.29, 0.717) is 18.0 Å². The van der Waals surface area contributed by atoms with E-state index in [1.165, 1.54) is 7.05 Å². The van der Waals surface area contributed by atoms with Gasteiger partial charge >= 0.3 is 6.09 Å². The number of carbonyl (C=O) groups is 1. The van der Waals surface area contributed by atoms with E-state index in [1.807, 2.05) is 0 Å². The molecule has 0 saturated carbocycles. The molecule has 1 aromatic carbocycles. The fraction of sp³-hybridized carbons (Fsp3) is 0.364. The molecule has 1 rings (SSSR count). The maximum atomic E-state index is 11.3. The number of benzene rings is 1. The SMILES string of the molecule is CCOC(=O)Nc1ccc(N(C)S(C)(=O)=O)cc1. The number of hydrogen-bond acceptors (Lipinski definition) is 4. The molecule has 100 valence electrons. The van der Waals surface area contributed by atoms with Crippen molar-refractivity contribution >= 4 is 27.5 Å². The van der Waals surface area contributed by atoms with Crippen molar-refractivity contribution in [2.75, 3.05) is 29.5 Å². The number of carbonyl (C=O) groups excluding carboxylic acids is 1. The van der Waals surface area contributed by atoms with Crippen LogP contribution in [0.1, 0.15) is 6.92 Å². The van der Waals surface area contributed by atoms with Gasteiger partial charge in [0, 0.05) is 12.7 Å². The van der Waals surface area contributed by atoms with Crippen LogP contribution >= 0.6 is 0 Å². The first-order valence-electron chi connectivity index (χ1n) is 5.32. The molecule has 0 aliphatic rings. The first kappa shape index (κ1) is 14.3. The van der Waals surface area contributed by atoms with Gasteiger partial charge in [0.2, 0.25) is 10.0 Å². The molecule has 0 radical (unpaired) electrons. The minimum atomic E-state index is -3.28. The van der Waals surface area contributed by atoms with Crippen molar-refractivity contribution in [2.24, 2.45) is 0 Å². The Morgan fingerprint density at radius 1 is 1.33 bits per heavy atom. The number of amides is 1. The molecule has 0 unspecified atom stereocenters. The van der Waals surface area contributed by atoms with Gasteiger partial charge in [-0.05, 0) is 31.2 Å². The van der Waals surface area contributed by atoms with Gasteiger partial charge in [-0.15, -0.1) is 0 Å². The minimum Gasteiger partial charge on any atom is -0.450 e. The van der Waals surface area contributed by atoms with Gasteiger partial charge in [-0.25, -0.2) is 13.2 Å². The molecule has 1 amide bonds. The molecule has 0 spiro atoms. The monoisotopic (exact) mass is 272 g/mol. The van der Waals surface area contributed by atoms with Gasteiger partial charge in [0.05, 0.1) is 18.6 Å². The summed E-state index contributed by atoms with van der Waals surface area (Å²) in [5, 5.41) is 2.52. The number of rotatable bonds is 4. The Morgan fingerprint density at radius 3 is 2.33 bits per heavy atom. The van der Waals surface area contributed by atoms with Crippen molar-refractivity contribution in [3.8, 4) is 0 Å². The van der Waals surface area contributed by atoms with Gasteiger partial charge in [-0.1, -0.05) is 0 Å². The Kier molecular flexibility index (Phi) is 4.55. The number of ether oxygens (including phenoxy) is 1. The molecule has 0 atom stereocenters. The van der Waals surface area contributed by atoms with E-state index in [2.05, 4.69) is 5.32 Å². The van der Waals surface area contributed by atoms with Gasteiger partial charge < -0.3 is 4.74 Å². The maximum absolute atomic E-state index is 11.3. The number of anilines is 2. The fourth-order valence-corrected chi connectivity index (χ4v) is 1.74. The summed E-state index contributed by atoms with van der Waals surface area (Å²) in [4.78, 5) is 11.2. The van der Waals surface area contributed by atoms with Crippen molar-refractivity contribution < 1.29 is 17.9 Å². The lowest BCUT2D eigenvalue weighted by Crippen LogP contribution is -2.24. The zero-order valence-electron chi connectivity index (χ0n) is 10.5. The summed E-state index contributed by atoms with van der Waals surface area (Å²) in [5.74, 6) is 0. The van der Waals surface area contributed by atoms with Gasteiger partial charge in [-0.3, -0.25) is 9.62 Å². The van der Waals surface area contributed by atoms with Gasteiger partial charge in [-0.2, -0.15) is 0 Å². The van der Waals surface area contributed by atoms with E-state index in [4.69, 9.17) is 4.74 Å². The molecule has 7 heteroatoms. The van der Waals surface area contributed by atoms with Crippen molar-refractivity contribution in [2.45, 2.75) is 6.92 Å². The highest BCUT2D eigenvalue weighted by molar-refractivity contribution is 7.92. The molecule has 0 fully saturated rings. The highest BCUT2D eigenvalue weighted by Gasteiger charge is 2.11. The second-order valence-electron chi connectivity index (χ2n) is 3.62. The predicted molar refractivity (Wildman–Crippen MR) is 70.3 cm³/mol. The van der Waals surface area contributed by atoms with E-state index < -0.39 is 16.1 Å². The van der Waals surface area contributed by atoms with Crippen molar-refractivity contribution in [1.82, 2.24) is 0 Å². The number of hydrogen-bond donors (Lipinski definition) is 1. The topological polar surface area (TPSA) is 75.7 Å². The quantitative estimate of drug-likeness (QED) is 0.904. The van der Waals surface area contributed by atoms with Crippen LogP contribution in [-0.2, 0) is 14.8 Å². The summed E-state index contributed by atoms with van der Waals surface area (Å²) in [6.07, 6.45) is 0.583. The molecule has 0 heterocycles. The van der Waals surface area contributed by atoms with Crippen LogP contribution in [0, 0.1) is 0 Å². The fourth-order valence-electron chi connectivity index (χ4n) is 1.23. The highest BCUT2D eigenvalue weighted by atomic mass is 32.2. The Morgan fingerprint density at radius 2 is 1.89 bits per heavy atom. The van der Waals surface area contributed by atoms with Crippen LogP contribution in [0.4, 0.5) is 16.2 Å². The van der Waals surface area contributed by atoms with Crippen LogP contribution in [0.25, 0.3) is 0 Å². The number of nitrogens with zero attached hydrogens (tertiary/aromatic N) is 1. The van der Waals surface area contributed by atoms with E-state index in [1.54, 1.807) is 31.2 Å². The van der Waals surface area contributed by atoms with Gasteiger partial charge in [0.25, 0.3) is 0 Å². The average Bonchev–Trinajstić information content (AvgIpc) is 2.28. The molecule has 0 saturated heterocycles. The van der Waals surface area contributed by atoms with E-state index in [0.717, 1.165) is 10.6 Å².